The van der Waals surface area contributed by atoms with Crippen LogP contribution < -0.4 is 10.5 Å². The summed E-state index contributed by atoms with van der Waals surface area (Å²) in [6.45, 7) is 3.64. The summed E-state index contributed by atoms with van der Waals surface area (Å²) in [5.41, 5.74) is 6.75. The van der Waals surface area contributed by atoms with Gasteiger partial charge in [0.15, 0.2) is 6.10 Å². The Morgan fingerprint density at radius 1 is 1.23 bits per heavy atom. The molecule has 5 heteroatoms. The molecule has 0 radical (unpaired) electrons. The summed E-state index contributed by atoms with van der Waals surface area (Å²) in [6.07, 6.45) is -1.41. The van der Waals surface area contributed by atoms with Crippen LogP contribution in [0.3, 0.4) is 0 Å². The first-order valence-electron chi connectivity index (χ1n) is 6.92. The smallest absolute Gasteiger partial charge is 0.405 e. The van der Waals surface area contributed by atoms with Crippen molar-refractivity contribution in [3.8, 4) is 16.9 Å². The number of nitrogens with two attached hydrogens (primary N) is 1. The molecule has 2 aromatic carbocycles. The lowest BCUT2D eigenvalue weighted by Gasteiger charge is -2.25. The number of amides is 1. The molecule has 2 N–H and O–H groups in total. The number of ether oxygens (including phenoxy) is 2. The zero-order chi connectivity index (χ0) is 15.9. The molecule has 3 rings (SSSR count). The second kappa shape index (κ2) is 5.02. The van der Waals surface area contributed by atoms with Gasteiger partial charge < -0.3 is 15.2 Å². The molecule has 0 aromatic heterocycles. The van der Waals surface area contributed by atoms with Crippen LogP contribution in [0.5, 0.6) is 5.75 Å². The van der Waals surface area contributed by atoms with Crippen LogP contribution in [0, 0.1) is 5.82 Å². The predicted octanol–water partition coefficient (Wildman–Crippen LogP) is 3.80. The molecule has 1 unspecified atom stereocenters. The van der Waals surface area contributed by atoms with Crippen molar-refractivity contribution in [2.45, 2.75) is 25.6 Å². The van der Waals surface area contributed by atoms with Crippen molar-refractivity contribution in [2.24, 2.45) is 5.73 Å². The second-order valence-electron chi connectivity index (χ2n) is 5.79. The molecule has 2 aromatic rings. The molecule has 1 aliphatic rings. The highest BCUT2D eigenvalue weighted by molar-refractivity contribution is 5.68. The van der Waals surface area contributed by atoms with E-state index in [0.29, 0.717) is 5.75 Å². The highest BCUT2D eigenvalue weighted by atomic mass is 19.1. The molecule has 1 amide bonds. The molecule has 1 heterocycles. The van der Waals surface area contributed by atoms with E-state index in [4.69, 9.17) is 15.2 Å². The van der Waals surface area contributed by atoms with E-state index >= 15 is 0 Å². The average molecular weight is 301 g/mol. The Kier molecular flexibility index (Phi) is 3.28. The molecule has 1 atom stereocenters. The summed E-state index contributed by atoms with van der Waals surface area (Å²) < 4.78 is 24.4. The fourth-order valence-corrected chi connectivity index (χ4v) is 2.72. The normalized spacial score (nSPS) is 18.4. The highest BCUT2D eigenvalue weighted by Crippen LogP contribution is 2.46. The van der Waals surface area contributed by atoms with Gasteiger partial charge in [0.1, 0.15) is 17.2 Å². The summed E-state index contributed by atoms with van der Waals surface area (Å²) in [5, 5.41) is 0. The number of rotatable bonds is 2. The van der Waals surface area contributed by atoms with E-state index in [0.717, 1.165) is 16.7 Å². The van der Waals surface area contributed by atoms with Crippen molar-refractivity contribution >= 4 is 6.09 Å². The lowest BCUT2D eigenvalue weighted by molar-refractivity contribution is -0.0100. The van der Waals surface area contributed by atoms with Crippen LogP contribution >= 0.6 is 0 Å². The largest absolute Gasteiger partial charge is 0.483 e. The number of benzene rings is 2. The molecule has 0 saturated heterocycles. The van der Waals surface area contributed by atoms with Gasteiger partial charge in [-0.15, -0.1) is 0 Å². The number of hydrogen-bond acceptors (Lipinski definition) is 3. The zero-order valence-electron chi connectivity index (χ0n) is 12.3. The Balaban J connectivity index is 2.01. The van der Waals surface area contributed by atoms with Gasteiger partial charge in [-0.3, -0.25) is 0 Å². The molecule has 4 nitrogen and oxygen atoms in total. The first kappa shape index (κ1) is 14.4. The van der Waals surface area contributed by atoms with Crippen LogP contribution in [-0.2, 0) is 4.74 Å². The van der Waals surface area contributed by atoms with Gasteiger partial charge in [-0.1, -0.05) is 24.3 Å². The van der Waals surface area contributed by atoms with Crippen LogP contribution in [0.4, 0.5) is 9.18 Å². The first-order valence-corrected chi connectivity index (χ1v) is 6.92. The molecule has 1 aliphatic heterocycles. The van der Waals surface area contributed by atoms with Gasteiger partial charge in [0.05, 0.1) is 0 Å². The first-order chi connectivity index (χ1) is 10.4. The molecule has 0 saturated carbocycles. The maximum Gasteiger partial charge on any atom is 0.405 e. The summed E-state index contributed by atoms with van der Waals surface area (Å²) in [7, 11) is 0. The van der Waals surface area contributed by atoms with Crippen molar-refractivity contribution in [1.29, 1.82) is 0 Å². The van der Waals surface area contributed by atoms with Crippen molar-refractivity contribution < 1.29 is 18.7 Å². The minimum absolute atomic E-state index is 0.297. The number of halogens is 1. The number of carbonyl (C=O) groups excluding carboxylic acids is 1. The number of primary amides is 1. The molecule has 22 heavy (non-hydrogen) atoms. The van der Waals surface area contributed by atoms with Crippen molar-refractivity contribution in [3.63, 3.8) is 0 Å². The third kappa shape index (κ3) is 2.50. The second-order valence-corrected chi connectivity index (χ2v) is 5.79. The molecular formula is C17H16FNO3. The predicted molar refractivity (Wildman–Crippen MR) is 80.0 cm³/mol. The number of hydrogen-bond donors (Lipinski definition) is 1. The van der Waals surface area contributed by atoms with Crippen molar-refractivity contribution in [1.82, 2.24) is 0 Å². The Hall–Kier alpha value is -2.56. The van der Waals surface area contributed by atoms with Gasteiger partial charge in [-0.05, 0) is 43.2 Å². The van der Waals surface area contributed by atoms with Crippen molar-refractivity contribution in [2.75, 3.05) is 0 Å². The third-order valence-corrected chi connectivity index (χ3v) is 3.69. The Bertz CT molecular complexity index is 742. The molecule has 0 spiro atoms. The van der Waals surface area contributed by atoms with E-state index in [1.54, 1.807) is 6.07 Å². The topological polar surface area (TPSA) is 61.6 Å². The quantitative estimate of drug-likeness (QED) is 0.917. The van der Waals surface area contributed by atoms with Crippen LogP contribution in [0.1, 0.15) is 25.5 Å². The minimum Gasteiger partial charge on any atom is -0.483 e. The molecule has 0 bridgehead atoms. The standard InChI is InChI=1S/C17H16FNO3/c1-17(2)15(21-16(19)20)13-7-6-11(9-14(13)22-17)10-4-3-5-12(18)8-10/h3-9,15H,1-2H3,(H2,19,20). The SMILES string of the molecule is CC1(C)Oc2cc(-c3cccc(F)c3)ccc2C1OC(N)=O. The lowest BCUT2D eigenvalue weighted by Crippen LogP contribution is -2.34. The van der Waals surface area contributed by atoms with Gasteiger partial charge in [0.25, 0.3) is 0 Å². The van der Waals surface area contributed by atoms with E-state index < -0.39 is 17.8 Å². The van der Waals surface area contributed by atoms with Gasteiger partial charge >= 0.3 is 6.09 Å². The fraction of sp³-hybridized carbons (Fsp3) is 0.235. The third-order valence-electron chi connectivity index (χ3n) is 3.69. The van der Waals surface area contributed by atoms with Crippen LogP contribution in [-0.4, -0.2) is 11.7 Å². The summed E-state index contributed by atoms with van der Waals surface area (Å²) in [6, 6.07) is 11.8. The number of fused-ring (bicyclic) bond motifs is 1. The maximum absolute atomic E-state index is 13.4. The summed E-state index contributed by atoms with van der Waals surface area (Å²) >= 11 is 0. The van der Waals surface area contributed by atoms with Gasteiger partial charge in [-0.25, -0.2) is 9.18 Å². The van der Waals surface area contributed by atoms with Crippen LogP contribution in [0.15, 0.2) is 42.5 Å². The fourth-order valence-electron chi connectivity index (χ4n) is 2.72. The lowest BCUT2D eigenvalue weighted by atomic mass is 9.95. The van der Waals surface area contributed by atoms with Gasteiger partial charge in [0.2, 0.25) is 0 Å². The average Bonchev–Trinajstić information content (AvgIpc) is 2.68. The summed E-state index contributed by atoms with van der Waals surface area (Å²) in [5.74, 6) is 0.312. The number of carbonyl (C=O) groups is 1. The molecule has 0 fully saturated rings. The Labute approximate surface area is 127 Å². The van der Waals surface area contributed by atoms with E-state index in [-0.39, 0.29) is 5.82 Å². The van der Waals surface area contributed by atoms with Gasteiger partial charge in [0, 0.05) is 5.56 Å². The highest BCUT2D eigenvalue weighted by Gasteiger charge is 2.43. The van der Waals surface area contributed by atoms with E-state index in [1.165, 1.54) is 12.1 Å². The monoisotopic (exact) mass is 301 g/mol. The Morgan fingerprint density at radius 3 is 2.64 bits per heavy atom. The van der Waals surface area contributed by atoms with E-state index in [2.05, 4.69) is 0 Å². The molecule has 0 aliphatic carbocycles. The Morgan fingerprint density at radius 2 is 1.95 bits per heavy atom. The van der Waals surface area contributed by atoms with Gasteiger partial charge in [-0.2, -0.15) is 0 Å². The van der Waals surface area contributed by atoms with Crippen molar-refractivity contribution in [3.05, 3.63) is 53.8 Å². The minimum atomic E-state index is -0.844. The van der Waals surface area contributed by atoms with E-state index in [1.807, 2.05) is 38.1 Å². The van der Waals surface area contributed by atoms with Crippen LogP contribution in [0.25, 0.3) is 11.1 Å². The maximum atomic E-state index is 13.4. The summed E-state index contributed by atoms with van der Waals surface area (Å²) in [4.78, 5) is 11.1. The molecular weight excluding hydrogens is 285 g/mol. The molecule has 114 valence electrons. The zero-order valence-corrected chi connectivity index (χ0v) is 12.3. The van der Waals surface area contributed by atoms with E-state index in [9.17, 15) is 9.18 Å². The van der Waals surface area contributed by atoms with Crippen LogP contribution in [0.2, 0.25) is 0 Å².